The summed E-state index contributed by atoms with van der Waals surface area (Å²) < 4.78 is 3.22. The predicted octanol–water partition coefficient (Wildman–Crippen LogP) is 1.61. The van der Waals surface area contributed by atoms with Gasteiger partial charge in [0.05, 0.1) is 11.1 Å². The molecule has 2 heterocycles. The van der Waals surface area contributed by atoms with Crippen LogP contribution in [-0.4, -0.2) is 42.3 Å². The lowest BCUT2D eigenvalue weighted by Gasteiger charge is -2.15. The highest BCUT2D eigenvalue weighted by Crippen LogP contribution is 2.19. The van der Waals surface area contributed by atoms with Crippen LogP contribution in [0.25, 0.3) is 0 Å². The van der Waals surface area contributed by atoms with E-state index < -0.39 is 10.8 Å². The van der Waals surface area contributed by atoms with E-state index in [-0.39, 0.29) is 11.4 Å². The van der Waals surface area contributed by atoms with Gasteiger partial charge in [-0.1, -0.05) is 0 Å². The summed E-state index contributed by atoms with van der Waals surface area (Å²) in [4.78, 5) is 24.4. The van der Waals surface area contributed by atoms with Crippen molar-refractivity contribution in [2.24, 2.45) is 0 Å². The van der Waals surface area contributed by atoms with Crippen LogP contribution in [0.3, 0.4) is 0 Å². The van der Waals surface area contributed by atoms with Crippen molar-refractivity contribution in [2.75, 3.05) is 7.05 Å². The summed E-state index contributed by atoms with van der Waals surface area (Å²) in [5.41, 5.74) is 1.46. The van der Waals surface area contributed by atoms with Crippen molar-refractivity contribution in [1.29, 1.82) is 0 Å². The van der Waals surface area contributed by atoms with E-state index in [9.17, 15) is 14.9 Å². The molecule has 0 fully saturated rings. The van der Waals surface area contributed by atoms with Crippen molar-refractivity contribution in [2.45, 2.75) is 40.4 Å². The van der Waals surface area contributed by atoms with Crippen molar-refractivity contribution < 1.29 is 9.72 Å². The summed E-state index contributed by atoms with van der Waals surface area (Å²) in [5.74, 6) is -0.479. The number of hydrogen-bond donors (Lipinski definition) is 0. The Bertz CT molecular complexity index is 733. The molecule has 0 unspecified atom stereocenters. The number of carbonyl (C=O) groups excluding carboxylic acids is 1. The average molecular weight is 320 g/mol. The molecule has 0 spiro atoms. The van der Waals surface area contributed by atoms with E-state index in [1.54, 1.807) is 20.2 Å². The molecule has 0 aliphatic rings. The molecule has 0 aliphatic carbocycles. The van der Waals surface area contributed by atoms with Gasteiger partial charge in [0.25, 0.3) is 5.91 Å². The lowest BCUT2D eigenvalue weighted by Crippen LogP contribution is -2.27. The van der Waals surface area contributed by atoms with Gasteiger partial charge in [-0.15, -0.1) is 0 Å². The van der Waals surface area contributed by atoms with Gasteiger partial charge >= 0.3 is 5.69 Å². The van der Waals surface area contributed by atoms with Crippen molar-refractivity contribution >= 4 is 11.6 Å². The number of aryl methyl sites for hydroxylation is 2. The lowest BCUT2D eigenvalue weighted by atomic mass is 10.2. The third kappa shape index (κ3) is 3.22. The number of rotatable bonds is 6. The van der Waals surface area contributed by atoms with E-state index in [2.05, 4.69) is 10.2 Å². The fourth-order valence-corrected chi connectivity index (χ4v) is 2.33. The largest absolute Gasteiger partial charge is 0.336 e. The van der Waals surface area contributed by atoms with Crippen molar-refractivity contribution in [3.63, 3.8) is 0 Å². The van der Waals surface area contributed by atoms with Gasteiger partial charge in [-0.05, 0) is 20.8 Å². The van der Waals surface area contributed by atoms with E-state index in [1.807, 2.05) is 18.5 Å². The van der Waals surface area contributed by atoms with Crippen LogP contribution >= 0.6 is 0 Å². The molecule has 1 amide bonds. The Kier molecular flexibility index (Phi) is 4.77. The maximum absolute atomic E-state index is 12.5. The second kappa shape index (κ2) is 6.59. The first-order chi connectivity index (χ1) is 10.9. The van der Waals surface area contributed by atoms with E-state index in [4.69, 9.17) is 0 Å². The topological polar surface area (TPSA) is 99.1 Å². The number of nitro groups is 1. The van der Waals surface area contributed by atoms with Crippen LogP contribution in [0.2, 0.25) is 0 Å². The van der Waals surface area contributed by atoms with E-state index in [0.717, 1.165) is 17.8 Å². The second-order valence-corrected chi connectivity index (χ2v) is 5.21. The van der Waals surface area contributed by atoms with E-state index >= 15 is 0 Å². The van der Waals surface area contributed by atoms with Crippen molar-refractivity contribution in [1.82, 2.24) is 24.5 Å². The third-order valence-corrected chi connectivity index (χ3v) is 3.72. The Labute approximate surface area is 133 Å². The first-order valence-corrected chi connectivity index (χ1v) is 7.37. The summed E-state index contributed by atoms with van der Waals surface area (Å²) in [5, 5.41) is 19.4. The molecule has 9 heteroatoms. The molecule has 2 aromatic heterocycles. The van der Waals surface area contributed by atoms with Gasteiger partial charge in [0.15, 0.2) is 0 Å². The number of amides is 1. The van der Waals surface area contributed by atoms with Crippen molar-refractivity contribution in [3.8, 4) is 0 Å². The quantitative estimate of drug-likeness (QED) is 0.594. The second-order valence-electron chi connectivity index (χ2n) is 5.21. The summed E-state index contributed by atoms with van der Waals surface area (Å²) in [6, 6.07) is 0. The smallest absolute Gasteiger partial charge is 0.320 e. The molecule has 9 nitrogen and oxygen atoms in total. The Morgan fingerprint density at radius 3 is 2.61 bits per heavy atom. The Hall–Kier alpha value is -2.71. The zero-order chi connectivity index (χ0) is 17.1. The molecule has 2 aromatic rings. The third-order valence-electron chi connectivity index (χ3n) is 3.72. The van der Waals surface area contributed by atoms with Crippen molar-refractivity contribution in [3.05, 3.63) is 39.5 Å². The Morgan fingerprint density at radius 2 is 2.09 bits per heavy atom. The molecule has 0 N–H and O–H groups in total. The first kappa shape index (κ1) is 16.7. The molecule has 0 aliphatic heterocycles. The van der Waals surface area contributed by atoms with Gasteiger partial charge in [0.1, 0.15) is 6.20 Å². The molecule has 2 rings (SSSR count). The van der Waals surface area contributed by atoms with Gasteiger partial charge in [0, 0.05) is 37.9 Å². The number of hydrogen-bond acceptors (Lipinski definition) is 5. The molecule has 0 aromatic carbocycles. The zero-order valence-electron chi connectivity index (χ0n) is 13.7. The van der Waals surface area contributed by atoms with Crippen LogP contribution < -0.4 is 0 Å². The maximum atomic E-state index is 12.5. The Balaban J connectivity index is 2.24. The van der Waals surface area contributed by atoms with E-state index in [0.29, 0.717) is 13.1 Å². The SMILES string of the molecule is CCn1cc([N+](=O)[O-])c(C(=O)N(C)Cc2cnn(CC)c2C)n1. The highest BCUT2D eigenvalue weighted by Gasteiger charge is 2.28. The maximum Gasteiger partial charge on any atom is 0.320 e. The molecule has 0 bridgehead atoms. The van der Waals surface area contributed by atoms with Crippen LogP contribution in [0.1, 0.15) is 35.6 Å². The van der Waals surface area contributed by atoms with Crippen LogP contribution in [0.5, 0.6) is 0 Å². The summed E-state index contributed by atoms with van der Waals surface area (Å²) >= 11 is 0. The molecular weight excluding hydrogens is 300 g/mol. The minimum Gasteiger partial charge on any atom is -0.336 e. The van der Waals surface area contributed by atoms with Crippen LogP contribution in [-0.2, 0) is 19.6 Å². The summed E-state index contributed by atoms with van der Waals surface area (Å²) in [6.45, 7) is 7.24. The molecule has 23 heavy (non-hydrogen) atoms. The van der Waals surface area contributed by atoms with Gasteiger partial charge < -0.3 is 4.90 Å². The molecular formula is C14H20N6O3. The molecule has 0 saturated carbocycles. The minimum atomic E-state index is -0.583. The summed E-state index contributed by atoms with van der Waals surface area (Å²) in [6.07, 6.45) is 2.99. The van der Waals surface area contributed by atoms with Gasteiger partial charge in [0.2, 0.25) is 5.69 Å². The normalized spacial score (nSPS) is 10.8. The van der Waals surface area contributed by atoms with E-state index in [1.165, 1.54) is 15.8 Å². The fourth-order valence-electron chi connectivity index (χ4n) is 2.33. The lowest BCUT2D eigenvalue weighted by molar-refractivity contribution is -0.385. The molecule has 0 saturated heterocycles. The standard InChI is InChI=1S/C14H20N6O3/c1-5-18-9-12(20(22)23)13(16-18)14(21)17(4)8-11-7-15-19(6-2)10(11)3/h7,9H,5-6,8H2,1-4H3. The van der Waals surface area contributed by atoms with Crippen LogP contribution in [0, 0.1) is 17.0 Å². The number of aromatic nitrogens is 4. The fraction of sp³-hybridized carbons (Fsp3) is 0.500. The highest BCUT2D eigenvalue weighted by molar-refractivity contribution is 5.95. The minimum absolute atomic E-state index is 0.139. The molecule has 0 atom stereocenters. The monoisotopic (exact) mass is 320 g/mol. The summed E-state index contributed by atoms with van der Waals surface area (Å²) in [7, 11) is 1.60. The molecule has 124 valence electrons. The Morgan fingerprint density at radius 1 is 1.39 bits per heavy atom. The molecule has 0 radical (unpaired) electrons. The zero-order valence-corrected chi connectivity index (χ0v) is 13.7. The van der Waals surface area contributed by atoms with Gasteiger partial charge in [-0.25, -0.2) is 0 Å². The predicted molar refractivity (Wildman–Crippen MR) is 83.0 cm³/mol. The number of carbonyl (C=O) groups is 1. The van der Waals surface area contributed by atoms with Crippen LogP contribution in [0.15, 0.2) is 12.4 Å². The number of nitrogens with zero attached hydrogens (tertiary/aromatic N) is 6. The first-order valence-electron chi connectivity index (χ1n) is 7.37. The average Bonchev–Trinajstić information content (AvgIpc) is 3.11. The highest BCUT2D eigenvalue weighted by atomic mass is 16.6. The van der Waals surface area contributed by atoms with Gasteiger partial charge in [-0.3, -0.25) is 24.3 Å². The van der Waals surface area contributed by atoms with Gasteiger partial charge in [-0.2, -0.15) is 10.2 Å². The van der Waals surface area contributed by atoms with Crippen LogP contribution in [0.4, 0.5) is 5.69 Å².